The number of nitrogens with two attached hydrogens (primary N) is 1. The van der Waals surface area contributed by atoms with Crippen molar-refractivity contribution in [2.75, 3.05) is 5.32 Å². The van der Waals surface area contributed by atoms with E-state index in [-0.39, 0.29) is 5.96 Å². The van der Waals surface area contributed by atoms with Crippen LogP contribution in [-0.4, -0.2) is 10.9 Å². The van der Waals surface area contributed by atoms with Crippen molar-refractivity contribution in [1.29, 1.82) is 0 Å². The average Bonchev–Trinajstić information content (AvgIpc) is 2.52. The third-order valence-electron chi connectivity index (χ3n) is 1.01. The highest BCUT2D eigenvalue weighted by Gasteiger charge is 2.00. The molecule has 66 valence electrons. The predicted octanol–water partition coefficient (Wildman–Crippen LogP) is 1.76. The molecule has 0 saturated heterocycles. The zero-order valence-electron chi connectivity index (χ0n) is 5.92. The minimum atomic E-state index is 0.118. The normalized spacial score (nSPS) is 11.7. The second kappa shape index (κ2) is 4.49. The molecule has 0 bridgehead atoms. The summed E-state index contributed by atoms with van der Waals surface area (Å²) in [4.78, 5) is 4.07. The number of rotatable bonds is 2. The predicted molar refractivity (Wildman–Crippen MR) is 52.8 cm³/mol. The summed E-state index contributed by atoms with van der Waals surface area (Å²) >= 11 is 12.0. The van der Waals surface area contributed by atoms with Gasteiger partial charge in [-0.15, -0.1) is 27.4 Å². The fourth-order valence-electron chi connectivity index (χ4n) is 0.556. The van der Waals surface area contributed by atoms with Crippen molar-refractivity contribution in [1.82, 2.24) is 4.98 Å². The highest BCUT2D eigenvalue weighted by Crippen LogP contribution is 2.16. The van der Waals surface area contributed by atoms with E-state index < -0.39 is 0 Å². The van der Waals surface area contributed by atoms with E-state index in [1.807, 2.05) is 5.38 Å². The molecular weight excluding hydrogens is 219 g/mol. The van der Waals surface area contributed by atoms with Gasteiger partial charge in [-0.05, 0) is 0 Å². The van der Waals surface area contributed by atoms with E-state index in [0.717, 1.165) is 5.69 Å². The van der Waals surface area contributed by atoms with Crippen LogP contribution in [0.15, 0.2) is 9.89 Å². The molecule has 1 rings (SSSR count). The first-order chi connectivity index (χ1) is 5.76. The van der Waals surface area contributed by atoms with E-state index in [4.69, 9.17) is 29.1 Å². The minimum absolute atomic E-state index is 0.118. The summed E-state index contributed by atoms with van der Waals surface area (Å²) in [6, 6.07) is 0. The molecule has 0 amide bonds. The van der Waals surface area contributed by atoms with Gasteiger partial charge in [-0.25, -0.2) is 4.98 Å². The minimum Gasteiger partial charge on any atom is -0.369 e. The maximum absolute atomic E-state index is 5.54. The van der Waals surface area contributed by atoms with E-state index in [1.165, 1.54) is 11.3 Å². The topological polar surface area (TPSA) is 63.3 Å². The third-order valence-corrected chi connectivity index (χ3v) is 2.28. The lowest BCUT2D eigenvalue weighted by molar-refractivity contribution is 1.23. The molecule has 12 heavy (non-hydrogen) atoms. The molecule has 0 atom stereocenters. The molecule has 4 nitrogen and oxygen atoms in total. The first-order valence-electron chi connectivity index (χ1n) is 2.98. The van der Waals surface area contributed by atoms with E-state index >= 15 is 0 Å². The Morgan fingerprint density at radius 3 is 3.08 bits per heavy atom. The number of aromatic nitrogens is 1. The van der Waals surface area contributed by atoms with E-state index in [0.29, 0.717) is 11.0 Å². The number of nitrogens with one attached hydrogen (secondary N) is 1. The summed E-state index contributed by atoms with van der Waals surface area (Å²) < 4.78 is 3.21. The van der Waals surface area contributed by atoms with Crippen LogP contribution in [0.1, 0.15) is 5.69 Å². The average molecular weight is 225 g/mol. The SMILES string of the molecule is NC(=NCl)Nc1nc(CCl)cs1. The first-order valence-corrected chi connectivity index (χ1v) is 4.73. The van der Waals surface area contributed by atoms with Crippen molar-refractivity contribution in [2.24, 2.45) is 10.2 Å². The molecule has 0 spiro atoms. The molecule has 0 aromatic carbocycles. The van der Waals surface area contributed by atoms with Gasteiger partial charge in [0, 0.05) is 17.2 Å². The van der Waals surface area contributed by atoms with Gasteiger partial charge in [-0.3, -0.25) is 0 Å². The Bertz CT molecular complexity index is 285. The highest BCUT2D eigenvalue weighted by atomic mass is 35.5. The summed E-state index contributed by atoms with van der Waals surface area (Å²) in [5, 5.41) is 5.15. The van der Waals surface area contributed by atoms with Gasteiger partial charge in [0.2, 0.25) is 5.96 Å². The maximum Gasteiger partial charge on any atom is 0.212 e. The molecular formula is C5H6Cl2N4S. The quantitative estimate of drug-likeness (QED) is 0.458. The van der Waals surface area contributed by atoms with Crippen molar-refractivity contribution in [3.63, 3.8) is 0 Å². The Labute approximate surface area is 83.5 Å². The van der Waals surface area contributed by atoms with Gasteiger partial charge in [0.15, 0.2) is 5.13 Å². The van der Waals surface area contributed by atoms with E-state index in [2.05, 4.69) is 14.8 Å². The van der Waals surface area contributed by atoms with Crippen molar-refractivity contribution < 1.29 is 0 Å². The number of thiazole rings is 1. The number of alkyl halides is 1. The molecule has 0 saturated carbocycles. The Morgan fingerprint density at radius 2 is 2.58 bits per heavy atom. The van der Waals surface area contributed by atoms with Gasteiger partial charge < -0.3 is 11.1 Å². The number of guanidine groups is 1. The van der Waals surface area contributed by atoms with Crippen LogP contribution in [0.3, 0.4) is 0 Å². The van der Waals surface area contributed by atoms with Crippen LogP contribution in [0.4, 0.5) is 5.13 Å². The molecule has 1 aromatic heterocycles. The third kappa shape index (κ3) is 2.51. The van der Waals surface area contributed by atoms with Crippen molar-refractivity contribution in [2.45, 2.75) is 5.88 Å². The van der Waals surface area contributed by atoms with Crippen LogP contribution in [0.2, 0.25) is 0 Å². The second-order valence-electron chi connectivity index (χ2n) is 1.87. The maximum atomic E-state index is 5.54. The number of halogens is 2. The van der Waals surface area contributed by atoms with Gasteiger partial charge in [0.1, 0.15) is 0 Å². The molecule has 0 radical (unpaired) electrons. The van der Waals surface area contributed by atoms with E-state index in [9.17, 15) is 0 Å². The monoisotopic (exact) mass is 224 g/mol. The Morgan fingerprint density at radius 1 is 1.83 bits per heavy atom. The Balaban J connectivity index is 2.64. The Kier molecular flexibility index (Phi) is 3.58. The smallest absolute Gasteiger partial charge is 0.212 e. The lowest BCUT2D eigenvalue weighted by Gasteiger charge is -1.96. The van der Waals surface area contributed by atoms with Gasteiger partial charge >= 0.3 is 0 Å². The van der Waals surface area contributed by atoms with Crippen LogP contribution in [0.25, 0.3) is 0 Å². The van der Waals surface area contributed by atoms with Crippen LogP contribution in [0, 0.1) is 0 Å². The van der Waals surface area contributed by atoms with Crippen LogP contribution >= 0.6 is 34.7 Å². The summed E-state index contributed by atoms with van der Waals surface area (Å²) in [5.41, 5.74) is 6.09. The molecule has 0 aliphatic heterocycles. The lowest BCUT2D eigenvalue weighted by atomic mass is 10.6. The molecule has 1 aromatic rings. The van der Waals surface area contributed by atoms with Crippen LogP contribution in [0.5, 0.6) is 0 Å². The summed E-state index contributed by atoms with van der Waals surface area (Å²) in [7, 11) is 0. The second-order valence-corrected chi connectivity index (χ2v) is 3.17. The molecule has 0 unspecified atom stereocenters. The fourth-order valence-corrected chi connectivity index (χ4v) is 1.54. The number of hydrogen-bond donors (Lipinski definition) is 2. The van der Waals surface area contributed by atoms with Gasteiger partial charge in [-0.2, -0.15) is 0 Å². The van der Waals surface area contributed by atoms with E-state index in [1.54, 1.807) is 0 Å². The van der Waals surface area contributed by atoms with Crippen molar-refractivity contribution >= 4 is 45.8 Å². The Hall–Kier alpha value is -0.520. The molecule has 0 fully saturated rings. The number of hydrogen-bond acceptors (Lipinski definition) is 3. The first kappa shape index (κ1) is 9.57. The summed E-state index contributed by atoms with van der Waals surface area (Å²) in [5.74, 6) is 0.503. The fraction of sp³-hybridized carbons (Fsp3) is 0.200. The largest absolute Gasteiger partial charge is 0.369 e. The highest BCUT2D eigenvalue weighted by molar-refractivity contribution is 7.14. The number of anilines is 1. The molecule has 0 aliphatic carbocycles. The van der Waals surface area contributed by atoms with Crippen molar-refractivity contribution in [3.8, 4) is 0 Å². The van der Waals surface area contributed by atoms with Gasteiger partial charge in [0.05, 0.1) is 11.6 Å². The molecule has 3 N–H and O–H groups in total. The van der Waals surface area contributed by atoms with Gasteiger partial charge in [0.25, 0.3) is 0 Å². The molecule has 1 heterocycles. The van der Waals surface area contributed by atoms with Gasteiger partial charge in [-0.1, -0.05) is 0 Å². The summed E-state index contributed by atoms with van der Waals surface area (Å²) in [6.07, 6.45) is 0. The van der Waals surface area contributed by atoms with Crippen LogP contribution in [-0.2, 0) is 5.88 Å². The standard InChI is InChI=1S/C5H6Cl2N4S/c6-1-3-2-12-5(9-3)10-4(8)11-7/h2H,1H2,(H3,8,9,10,11). The van der Waals surface area contributed by atoms with Crippen LogP contribution < -0.4 is 11.1 Å². The zero-order valence-corrected chi connectivity index (χ0v) is 8.25. The summed E-state index contributed by atoms with van der Waals surface area (Å²) in [6.45, 7) is 0. The lowest BCUT2D eigenvalue weighted by Crippen LogP contribution is -2.21. The zero-order chi connectivity index (χ0) is 8.97. The van der Waals surface area contributed by atoms with Crippen molar-refractivity contribution in [3.05, 3.63) is 11.1 Å². The molecule has 7 heteroatoms. The molecule has 0 aliphatic rings. The number of nitrogens with zero attached hydrogens (tertiary/aromatic N) is 2.